The minimum Gasteiger partial charge on any atom is -0.489 e. The van der Waals surface area contributed by atoms with Crippen molar-refractivity contribution in [2.45, 2.75) is 32.9 Å². The van der Waals surface area contributed by atoms with Gasteiger partial charge in [0.1, 0.15) is 12.4 Å². The Bertz CT molecular complexity index is 496. The molecular weight excluding hydrogens is 254 g/mol. The molecule has 1 fully saturated rings. The van der Waals surface area contributed by atoms with Crippen molar-refractivity contribution in [2.24, 2.45) is 0 Å². The van der Waals surface area contributed by atoms with Crippen LogP contribution in [0.4, 0.5) is 4.79 Å². The van der Waals surface area contributed by atoms with E-state index in [1.807, 2.05) is 57.2 Å². The molecule has 0 spiro atoms. The highest BCUT2D eigenvalue weighted by Gasteiger charge is 2.33. The van der Waals surface area contributed by atoms with E-state index in [0.29, 0.717) is 13.2 Å². The maximum atomic E-state index is 11.6. The largest absolute Gasteiger partial charge is 0.489 e. The normalized spacial score (nSPS) is 18.9. The number of rotatable bonds is 5. The Morgan fingerprint density at radius 2 is 2.20 bits per heavy atom. The van der Waals surface area contributed by atoms with Gasteiger partial charge in [0.05, 0.1) is 6.54 Å². The molecule has 4 heteroatoms. The van der Waals surface area contributed by atoms with Gasteiger partial charge in [0.15, 0.2) is 6.10 Å². The molecule has 1 saturated heterocycles. The second-order valence-corrected chi connectivity index (χ2v) is 5.10. The number of carbonyl (C=O) groups is 1. The summed E-state index contributed by atoms with van der Waals surface area (Å²) in [7, 11) is 0. The Morgan fingerprint density at radius 1 is 1.45 bits per heavy atom. The van der Waals surface area contributed by atoms with Crippen LogP contribution in [-0.2, 0) is 4.74 Å². The van der Waals surface area contributed by atoms with Crippen molar-refractivity contribution >= 4 is 12.2 Å². The van der Waals surface area contributed by atoms with E-state index in [2.05, 4.69) is 0 Å². The van der Waals surface area contributed by atoms with Gasteiger partial charge in [0.25, 0.3) is 0 Å². The zero-order valence-electron chi connectivity index (χ0n) is 12.2. The van der Waals surface area contributed by atoms with Crippen LogP contribution in [0.25, 0.3) is 6.08 Å². The Kier molecular flexibility index (Phi) is 4.66. The Hall–Kier alpha value is -1.97. The predicted molar refractivity (Wildman–Crippen MR) is 78.8 cm³/mol. The molecule has 0 aliphatic carbocycles. The second-order valence-electron chi connectivity index (χ2n) is 5.10. The van der Waals surface area contributed by atoms with Gasteiger partial charge in [-0.3, -0.25) is 0 Å². The zero-order chi connectivity index (χ0) is 14.5. The predicted octanol–water partition coefficient (Wildman–Crippen LogP) is 3.33. The van der Waals surface area contributed by atoms with Gasteiger partial charge in [-0.25, -0.2) is 4.79 Å². The molecule has 1 unspecified atom stereocenters. The molecule has 1 amide bonds. The number of allylic oxidation sites excluding steroid dienone is 1. The molecule has 4 nitrogen and oxygen atoms in total. The molecule has 1 aliphatic heterocycles. The van der Waals surface area contributed by atoms with Crippen molar-refractivity contribution in [3.8, 4) is 5.75 Å². The number of carbonyl (C=O) groups excluding carboxylic acids is 1. The number of para-hydroxylation sites is 1. The van der Waals surface area contributed by atoms with Crippen LogP contribution < -0.4 is 4.74 Å². The number of benzene rings is 1. The van der Waals surface area contributed by atoms with Crippen molar-refractivity contribution in [1.29, 1.82) is 0 Å². The van der Waals surface area contributed by atoms with Crippen molar-refractivity contribution in [3.05, 3.63) is 35.9 Å². The number of nitrogens with zero attached hydrogens (tertiary/aromatic N) is 1. The molecular formula is C16H21NO3. The topological polar surface area (TPSA) is 38.8 Å². The first-order valence-corrected chi connectivity index (χ1v) is 6.93. The maximum absolute atomic E-state index is 11.6. The minimum atomic E-state index is -0.254. The third kappa shape index (κ3) is 3.32. The van der Waals surface area contributed by atoms with Gasteiger partial charge in [0, 0.05) is 11.6 Å². The molecule has 0 aromatic heterocycles. The molecule has 108 valence electrons. The van der Waals surface area contributed by atoms with Crippen LogP contribution in [0.1, 0.15) is 26.3 Å². The molecule has 0 bridgehead atoms. The van der Waals surface area contributed by atoms with E-state index in [-0.39, 0.29) is 18.2 Å². The highest BCUT2D eigenvalue weighted by molar-refractivity contribution is 5.70. The van der Waals surface area contributed by atoms with E-state index in [1.54, 1.807) is 4.90 Å². The molecule has 0 saturated carbocycles. The SMILES string of the molecule is CC=Cc1ccccc1OCC1CN(C(C)C)C(=O)O1. The van der Waals surface area contributed by atoms with Crippen LogP contribution in [0, 0.1) is 0 Å². The molecule has 1 aliphatic rings. The summed E-state index contributed by atoms with van der Waals surface area (Å²) in [6.45, 7) is 6.89. The maximum Gasteiger partial charge on any atom is 0.410 e. The fourth-order valence-electron chi connectivity index (χ4n) is 2.16. The zero-order valence-corrected chi connectivity index (χ0v) is 12.2. The summed E-state index contributed by atoms with van der Waals surface area (Å²) in [6.07, 6.45) is 3.51. The van der Waals surface area contributed by atoms with Gasteiger partial charge in [-0.05, 0) is 26.8 Å². The van der Waals surface area contributed by atoms with Crippen LogP contribution in [0.3, 0.4) is 0 Å². The number of hydrogen-bond acceptors (Lipinski definition) is 3. The molecule has 2 rings (SSSR count). The number of amides is 1. The smallest absolute Gasteiger partial charge is 0.410 e. The molecule has 1 atom stereocenters. The summed E-state index contributed by atoms with van der Waals surface area (Å²) in [4.78, 5) is 13.4. The number of hydrogen-bond donors (Lipinski definition) is 0. The third-order valence-electron chi connectivity index (χ3n) is 3.22. The van der Waals surface area contributed by atoms with E-state index in [1.165, 1.54) is 0 Å². The molecule has 20 heavy (non-hydrogen) atoms. The molecule has 1 aromatic rings. The van der Waals surface area contributed by atoms with Crippen LogP contribution in [0.15, 0.2) is 30.3 Å². The summed E-state index contributed by atoms with van der Waals surface area (Å²) in [5, 5.41) is 0. The fourth-order valence-corrected chi connectivity index (χ4v) is 2.16. The van der Waals surface area contributed by atoms with E-state index in [4.69, 9.17) is 9.47 Å². The third-order valence-corrected chi connectivity index (χ3v) is 3.22. The standard InChI is InChI=1S/C16H21NO3/c1-4-7-13-8-5-6-9-15(13)19-11-14-10-17(12(2)3)16(18)20-14/h4-9,12,14H,10-11H2,1-3H3. The summed E-state index contributed by atoms with van der Waals surface area (Å²) < 4.78 is 11.1. The molecule has 1 aromatic carbocycles. The van der Waals surface area contributed by atoms with E-state index in [0.717, 1.165) is 11.3 Å². The summed E-state index contributed by atoms with van der Waals surface area (Å²) in [6, 6.07) is 7.98. The van der Waals surface area contributed by atoms with Crippen molar-refractivity contribution < 1.29 is 14.3 Å². The van der Waals surface area contributed by atoms with Crippen molar-refractivity contribution in [2.75, 3.05) is 13.2 Å². The van der Waals surface area contributed by atoms with Gasteiger partial charge < -0.3 is 14.4 Å². The van der Waals surface area contributed by atoms with Crippen LogP contribution in [0.2, 0.25) is 0 Å². The van der Waals surface area contributed by atoms with Crippen molar-refractivity contribution in [3.63, 3.8) is 0 Å². The van der Waals surface area contributed by atoms with Crippen molar-refractivity contribution in [1.82, 2.24) is 4.90 Å². The molecule has 0 radical (unpaired) electrons. The second kappa shape index (κ2) is 6.46. The van der Waals surface area contributed by atoms with Crippen LogP contribution >= 0.6 is 0 Å². The van der Waals surface area contributed by atoms with E-state index < -0.39 is 0 Å². The Balaban J connectivity index is 1.95. The molecule has 0 N–H and O–H groups in total. The average molecular weight is 275 g/mol. The Morgan fingerprint density at radius 3 is 2.85 bits per heavy atom. The van der Waals surface area contributed by atoms with E-state index in [9.17, 15) is 4.79 Å². The summed E-state index contributed by atoms with van der Waals surface area (Å²) in [5.41, 5.74) is 1.03. The molecule has 1 heterocycles. The quantitative estimate of drug-likeness (QED) is 0.827. The lowest BCUT2D eigenvalue weighted by Crippen LogP contribution is -2.32. The average Bonchev–Trinajstić information content (AvgIpc) is 2.79. The number of ether oxygens (including phenoxy) is 2. The first kappa shape index (κ1) is 14.4. The highest BCUT2D eigenvalue weighted by atomic mass is 16.6. The minimum absolute atomic E-state index is 0.155. The highest BCUT2D eigenvalue weighted by Crippen LogP contribution is 2.21. The van der Waals surface area contributed by atoms with Crippen LogP contribution in [0.5, 0.6) is 5.75 Å². The summed E-state index contributed by atoms with van der Waals surface area (Å²) >= 11 is 0. The van der Waals surface area contributed by atoms with Crippen LogP contribution in [-0.4, -0.2) is 36.3 Å². The summed E-state index contributed by atoms with van der Waals surface area (Å²) in [5.74, 6) is 0.810. The van der Waals surface area contributed by atoms with Gasteiger partial charge in [-0.1, -0.05) is 30.4 Å². The monoisotopic (exact) mass is 275 g/mol. The fraction of sp³-hybridized carbons (Fsp3) is 0.438. The Labute approximate surface area is 120 Å². The van der Waals surface area contributed by atoms with Gasteiger partial charge in [-0.2, -0.15) is 0 Å². The lowest BCUT2D eigenvalue weighted by molar-refractivity contribution is 0.102. The number of cyclic esters (lactones) is 1. The van der Waals surface area contributed by atoms with Gasteiger partial charge in [-0.15, -0.1) is 0 Å². The lowest BCUT2D eigenvalue weighted by atomic mass is 10.2. The van der Waals surface area contributed by atoms with Gasteiger partial charge in [0.2, 0.25) is 0 Å². The van der Waals surface area contributed by atoms with Gasteiger partial charge >= 0.3 is 6.09 Å². The first-order chi connectivity index (χ1) is 9.61. The van der Waals surface area contributed by atoms with E-state index >= 15 is 0 Å². The first-order valence-electron chi connectivity index (χ1n) is 6.93. The lowest BCUT2D eigenvalue weighted by Gasteiger charge is -2.17.